The van der Waals surface area contributed by atoms with E-state index in [1.54, 1.807) is 17.1 Å². The monoisotopic (exact) mass is 435 g/mol. The predicted octanol–water partition coefficient (Wildman–Crippen LogP) is 2.93. The van der Waals surface area contributed by atoms with E-state index < -0.39 is 12.2 Å². The molecular formula is C19H23ClFN7O2. The molecule has 3 aromatic rings. The van der Waals surface area contributed by atoms with Crippen LogP contribution < -0.4 is 10.1 Å². The van der Waals surface area contributed by atoms with Gasteiger partial charge in [0.25, 0.3) is 0 Å². The molecule has 11 heteroatoms. The number of hydrogen-bond donors (Lipinski definition) is 2. The van der Waals surface area contributed by atoms with E-state index in [0.717, 1.165) is 11.9 Å². The van der Waals surface area contributed by atoms with Gasteiger partial charge in [0.05, 0.1) is 49.2 Å². The molecule has 0 aliphatic carbocycles. The highest BCUT2D eigenvalue weighted by Crippen LogP contribution is 2.34. The zero-order valence-electron chi connectivity index (χ0n) is 16.5. The SMILES string of the molecule is CCOc1nc(Nc2cnn([C@@H]3CCN(C4COC4)C[C@@H]3F)c2Cl)nc2[nH]ccc12. The highest BCUT2D eigenvalue weighted by molar-refractivity contribution is 6.32. The first-order valence-electron chi connectivity index (χ1n) is 10.1. The number of halogens is 2. The van der Waals surface area contributed by atoms with Gasteiger partial charge in [-0.3, -0.25) is 4.90 Å². The number of likely N-dealkylation sites (tertiary alicyclic amines) is 1. The predicted molar refractivity (Wildman–Crippen MR) is 110 cm³/mol. The van der Waals surface area contributed by atoms with Crippen molar-refractivity contribution in [2.24, 2.45) is 0 Å². The molecule has 0 bridgehead atoms. The third kappa shape index (κ3) is 3.48. The van der Waals surface area contributed by atoms with Crippen molar-refractivity contribution in [1.82, 2.24) is 29.6 Å². The van der Waals surface area contributed by atoms with Crippen LogP contribution in [0, 0.1) is 0 Å². The second-order valence-electron chi connectivity index (χ2n) is 7.50. The quantitative estimate of drug-likeness (QED) is 0.614. The largest absolute Gasteiger partial charge is 0.477 e. The van der Waals surface area contributed by atoms with Gasteiger partial charge in [-0.25, -0.2) is 9.07 Å². The number of aromatic nitrogens is 5. The van der Waals surface area contributed by atoms with Crippen LogP contribution in [0.15, 0.2) is 18.5 Å². The molecule has 5 heterocycles. The van der Waals surface area contributed by atoms with Crippen molar-refractivity contribution in [1.29, 1.82) is 0 Å². The summed E-state index contributed by atoms with van der Waals surface area (Å²) in [6.07, 6.45) is 2.93. The Balaban J connectivity index is 1.34. The number of hydrogen-bond acceptors (Lipinski definition) is 7. The van der Waals surface area contributed by atoms with Crippen LogP contribution in [0.2, 0.25) is 5.15 Å². The molecule has 2 fully saturated rings. The van der Waals surface area contributed by atoms with Gasteiger partial charge in [0.15, 0.2) is 5.15 Å². The Kier molecular flexibility index (Phi) is 5.21. The van der Waals surface area contributed by atoms with Crippen LogP contribution in [0.5, 0.6) is 5.88 Å². The van der Waals surface area contributed by atoms with Gasteiger partial charge in [-0.2, -0.15) is 15.1 Å². The number of fused-ring (bicyclic) bond motifs is 1. The zero-order chi connectivity index (χ0) is 20.7. The first kappa shape index (κ1) is 19.5. The van der Waals surface area contributed by atoms with E-state index in [-0.39, 0.29) is 0 Å². The van der Waals surface area contributed by atoms with E-state index in [9.17, 15) is 4.39 Å². The van der Waals surface area contributed by atoms with E-state index in [2.05, 4.69) is 30.3 Å². The Hall–Kier alpha value is -2.43. The molecule has 2 aliphatic heterocycles. The first-order valence-corrected chi connectivity index (χ1v) is 10.5. The normalized spacial score (nSPS) is 22.9. The Morgan fingerprint density at radius 1 is 1.40 bits per heavy atom. The van der Waals surface area contributed by atoms with E-state index in [4.69, 9.17) is 21.1 Å². The maximum atomic E-state index is 14.9. The third-order valence-corrected chi connectivity index (χ3v) is 6.01. The van der Waals surface area contributed by atoms with E-state index in [1.807, 2.05) is 13.0 Å². The average molecular weight is 436 g/mol. The lowest BCUT2D eigenvalue weighted by Crippen LogP contribution is -2.55. The Morgan fingerprint density at radius 3 is 3.00 bits per heavy atom. The Morgan fingerprint density at radius 2 is 2.27 bits per heavy atom. The number of nitrogens with zero attached hydrogens (tertiary/aromatic N) is 5. The molecule has 0 amide bonds. The summed E-state index contributed by atoms with van der Waals surface area (Å²) in [4.78, 5) is 14.1. The summed E-state index contributed by atoms with van der Waals surface area (Å²) in [6.45, 7) is 4.90. The van der Waals surface area contributed by atoms with Crippen LogP contribution in [-0.4, -0.2) is 74.8 Å². The molecule has 2 saturated heterocycles. The molecule has 0 spiro atoms. The van der Waals surface area contributed by atoms with Crippen molar-refractivity contribution in [3.05, 3.63) is 23.6 Å². The van der Waals surface area contributed by atoms with Gasteiger partial charge < -0.3 is 19.8 Å². The fraction of sp³-hybridized carbons (Fsp3) is 0.526. The molecule has 9 nitrogen and oxygen atoms in total. The van der Waals surface area contributed by atoms with Gasteiger partial charge in [0.1, 0.15) is 11.8 Å². The van der Waals surface area contributed by atoms with Crippen molar-refractivity contribution in [3.63, 3.8) is 0 Å². The van der Waals surface area contributed by atoms with Crippen LogP contribution >= 0.6 is 11.6 Å². The van der Waals surface area contributed by atoms with E-state index in [1.165, 1.54) is 0 Å². The summed E-state index contributed by atoms with van der Waals surface area (Å²) in [5, 5.41) is 8.56. The fourth-order valence-corrected chi connectivity index (χ4v) is 4.22. The second-order valence-corrected chi connectivity index (χ2v) is 7.86. The van der Waals surface area contributed by atoms with Gasteiger partial charge in [-0.05, 0) is 19.4 Å². The van der Waals surface area contributed by atoms with Gasteiger partial charge in [-0.1, -0.05) is 11.6 Å². The van der Waals surface area contributed by atoms with Crippen LogP contribution in [0.1, 0.15) is 19.4 Å². The molecular weight excluding hydrogens is 413 g/mol. The molecule has 3 aromatic heterocycles. The molecule has 30 heavy (non-hydrogen) atoms. The van der Waals surface area contributed by atoms with Gasteiger partial charge in [0, 0.05) is 19.3 Å². The third-order valence-electron chi connectivity index (χ3n) is 5.63. The molecule has 160 valence electrons. The van der Waals surface area contributed by atoms with Crippen LogP contribution in [-0.2, 0) is 4.74 Å². The lowest BCUT2D eigenvalue weighted by Gasteiger charge is -2.42. The lowest BCUT2D eigenvalue weighted by atomic mass is 10.0. The maximum absolute atomic E-state index is 14.9. The van der Waals surface area contributed by atoms with Gasteiger partial charge in [0.2, 0.25) is 11.8 Å². The molecule has 0 aromatic carbocycles. The molecule has 5 rings (SSSR count). The number of H-pyrrole nitrogens is 1. The smallest absolute Gasteiger partial charge is 0.232 e. The number of nitrogens with one attached hydrogen (secondary N) is 2. The van der Waals surface area contributed by atoms with Crippen molar-refractivity contribution in [2.75, 3.05) is 38.2 Å². The van der Waals surface area contributed by atoms with Crippen molar-refractivity contribution < 1.29 is 13.9 Å². The standard InChI is InChI=1S/C19H23ClFN7O2/c1-2-30-18-12-3-5-22-17(12)25-19(26-18)24-14-7-23-28(16(14)20)15-4-6-27(8-13(15)21)11-9-29-10-11/h3,5,7,11,13,15H,2,4,6,8-10H2,1H3,(H2,22,24,25,26)/t13-,15+/m0/s1. The Labute approximate surface area is 177 Å². The van der Waals surface area contributed by atoms with Crippen LogP contribution in [0.3, 0.4) is 0 Å². The van der Waals surface area contributed by atoms with E-state index >= 15 is 0 Å². The molecule has 0 saturated carbocycles. The summed E-state index contributed by atoms with van der Waals surface area (Å²) in [7, 11) is 0. The molecule has 0 radical (unpaired) electrons. The summed E-state index contributed by atoms with van der Waals surface area (Å²) < 4.78 is 27.3. The first-order chi connectivity index (χ1) is 14.6. The highest BCUT2D eigenvalue weighted by Gasteiger charge is 2.37. The van der Waals surface area contributed by atoms with Gasteiger partial charge >= 0.3 is 0 Å². The van der Waals surface area contributed by atoms with Crippen molar-refractivity contribution in [2.45, 2.75) is 31.6 Å². The minimum Gasteiger partial charge on any atom is -0.477 e. The summed E-state index contributed by atoms with van der Waals surface area (Å²) in [5.74, 6) is 0.803. The minimum absolute atomic E-state index is 0.325. The van der Waals surface area contributed by atoms with Gasteiger partial charge in [-0.15, -0.1) is 0 Å². The lowest BCUT2D eigenvalue weighted by molar-refractivity contribution is -0.0847. The van der Waals surface area contributed by atoms with Crippen LogP contribution in [0.4, 0.5) is 16.0 Å². The number of rotatable bonds is 6. The number of piperidine rings is 1. The summed E-state index contributed by atoms with van der Waals surface area (Å²) in [6, 6.07) is 1.78. The summed E-state index contributed by atoms with van der Waals surface area (Å²) >= 11 is 6.55. The number of alkyl halides is 1. The highest BCUT2D eigenvalue weighted by atomic mass is 35.5. The number of ether oxygens (including phenoxy) is 2. The zero-order valence-corrected chi connectivity index (χ0v) is 17.3. The Bertz CT molecular complexity index is 1040. The van der Waals surface area contributed by atoms with Crippen LogP contribution in [0.25, 0.3) is 11.0 Å². The topological polar surface area (TPSA) is 93.1 Å². The molecule has 2 aliphatic rings. The van der Waals surface area contributed by atoms with Crippen molar-refractivity contribution >= 4 is 34.3 Å². The minimum atomic E-state index is -1.05. The second kappa shape index (κ2) is 8.01. The van der Waals surface area contributed by atoms with E-state index in [0.29, 0.717) is 67.1 Å². The summed E-state index contributed by atoms with van der Waals surface area (Å²) in [5.41, 5.74) is 1.17. The fourth-order valence-electron chi connectivity index (χ4n) is 3.96. The maximum Gasteiger partial charge on any atom is 0.232 e. The van der Waals surface area contributed by atoms with Crippen molar-refractivity contribution in [3.8, 4) is 5.88 Å². The molecule has 0 unspecified atom stereocenters. The number of anilines is 2. The molecule has 2 atom stereocenters. The molecule has 2 N–H and O–H groups in total. The number of aromatic amines is 1. The average Bonchev–Trinajstić information content (AvgIpc) is 3.29.